The summed E-state index contributed by atoms with van der Waals surface area (Å²) in [6.45, 7) is 2.48. The lowest BCUT2D eigenvalue weighted by Gasteiger charge is -2.15. The number of anilines is 1. The number of ether oxygens (including phenoxy) is 2. The Kier molecular flexibility index (Phi) is 3.49. The minimum atomic E-state index is -0.131. The van der Waals surface area contributed by atoms with Crippen LogP contribution >= 0.6 is 0 Å². The van der Waals surface area contributed by atoms with E-state index in [2.05, 4.69) is 5.32 Å². The highest BCUT2D eigenvalue weighted by molar-refractivity contribution is 5.74. The number of hydrogen-bond donors (Lipinski definition) is 3. The van der Waals surface area contributed by atoms with Gasteiger partial charge in [0.1, 0.15) is 11.4 Å². The van der Waals surface area contributed by atoms with Gasteiger partial charge in [-0.1, -0.05) is 0 Å². The Hall–Kier alpha value is -1.78. The maximum atomic E-state index is 9.72. The van der Waals surface area contributed by atoms with Gasteiger partial charge in [-0.25, -0.2) is 0 Å². The summed E-state index contributed by atoms with van der Waals surface area (Å²) < 4.78 is 9.88. The van der Waals surface area contributed by atoms with Crippen LogP contribution in [0.15, 0.2) is 6.07 Å². The van der Waals surface area contributed by atoms with Crippen molar-refractivity contribution in [2.75, 3.05) is 26.1 Å². The second-order valence-corrected chi connectivity index (χ2v) is 2.89. The molecular formula is C10H15NO4. The predicted octanol–water partition coefficient (Wildman–Crippen LogP) is 1.55. The zero-order valence-electron chi connectivity index (χ0n) is 9.00. The van der Waals surface area contributed by atoms with Crippen LogP contribution in [0.4, 0.5) is 5.69 Å². The van der Waals surface area contributed by atoms with Gasteiger partial charge in [-0.05, 0) is 6.92 Å². The number of methoxy groups -OCH3 is 2. The van der Waals surface area contributed by atoms with Gasteiger partial charge in [0.2, 0.25) is 5.75 Å². The topological polar surface area (TPSA) is 71.0 Å². The number of hydrogen-bond acceptors (Lipinski definition) is 5. The highest BCUT2D eigenvalue weighted by Gasteiger charge is 2.18. The summed E-state index contributed by atoms with van der Waals surface area (Å²) in [5, 5.41) is 22.3. The van der Waals surface area contributed by atoms with E-state index in [-0.39, 0.29) is 23.0 Å². The van der Waals surface area contributed by atoms with Crippen LogP contribution in [0.3, 0.4) is 0 Å². The van der Waals surface area contributed by atoms with Crippen LogP contribution < -0.4 is 14.8 Å². The molecule has 5 heteroatoms. The number of rotatable bonds is 4. The lowest BCUT2D eigenvalue weighted by Crippen LogP contribution is -2.01. The molecule has 0 aliphatic rings. The third-order valence-corrected chi connectivity index (χ3v) is 1.98. The molecule has 5 nitrogen and oxygen atoms in total. The molecule has 1 aromatic rings. The van der Waals surface area contributed by atoms with Gasteiger partial charge in [-0.2, -0.15) is 0 Å². The first-order valence-electron chi connectivity index (χ1n) is 4.56. The maximum Gasteiger partial charge on any atom is 0.203 e. The lowest BCUT2D eigenvalue weighted by atomic mass is 10.2. The third-order valence-electron chi connectivity index (χ3n) is 1.98. The molecular weight excluding hydrogens is 198 g/mol. The van der Waals surface area contributed by atoms with Gasteiger partial charge in [0, 0.05) is 12.6 Å². The standard InChI is InChI=1S/C10H15NO4/c1-4-11-8-6(12)5-7(14-2)9(13)10(8)15-3/h5,11-13H,4H2,1-3H3. The smallest absolute Gasteiger partial charge is 0.203 e. The molecule has 0 radical (unpaired) electrons. The van der Waals surface area contributed by atoms with E-state index in [4.69, 9.17) is 9.47 Å². The molecule has 0 aromatic heterocycles. The van der Waals surface area contributed by atoms with Gasteiger partial charge < -0.3 is 25.0 Å². The summed E-state index contributed by atoms with van der Waals surface area (Å²) in [5.41, 5.74) is 0.360. The molecule has 0 bridgehead atoms. The maximum absolute atomic E-state index is 9.72. The SMILES string of the molecule is CCNc1c(O)cc(OC)c(O)c1OC. The Bertz CT molecular complexity index is 352. The molecule has 1 aromatic carbocycles. The summed E-state index contributed by atoms with van der Waals surface area (Å²) in [4.78, 5) is 0. The molecule has 0 aliphatic carbocycles. The van der Waals surface area contributed by atoms with E-state index in [9.17, 15) is 10.2 Å². The van der Waals surface area contributed by atoms with Gasteiger partial charge in [0.05, 0.1) is 14.2 Å². The quantitative estimate of drug-likeness (QED) is 0.523. The fourth-order valence-corrected chi connectivity index (χ4v) is 1.31. The largest absolute Gasteiger partial charge is 0.505 e. The van der Waals surface area contributed by atoms with Crippen molar-refractivity contribution in [2.24, 2.45) is 0 Å². The molecule has 84 valence electrons. The first kappa shape index (κ1) is 11.3. The number of nitrogens with one attached hydrogen (secondary N) is 1. The minimum Gasteiger partial charge on any atom is -0.505 e. The van der Waals surface area contributed by atoms with E-state index in [1.807, 2.05) is 6.92 Å². The van der Waals surface area contributed by atoms with E-state index in [0.29, 0.717) is 12.2 Å². The Morgan fingerprint density at radius 3 is 2.40 bits per heavy atom. The molecule has 0 heterocycles. The van der Waals surface area contributed by atoms with Crippen LogP contribution in [0.1, 0.15) is 6.92 Å². The Morgan fingerprint density at radius 2 is 1.93 bits per heavy atom. The Balaban J connectivity index is 3.32. The molecule has 0 aliphatic heterocycles. The third kappa shape index (κ3) is 2.01. The van der Waals surface area contributed by atoms with E-state index in [0.717, 1.165) is 0 Å². The van der Waals surface area contributed by atoms with Crippen LogP contribution in [-0.4, -0.2) is 31.0 Å². The van der Waals surface area contributed by atoms with Gasteiger partial charge >= 0.3 is 0 Å². The van der Waals surface area contributed by atoms with Crippen molar-refractivity contribution in [3.05, 3.63) is 6.07 Å². The highest BCUT2D eigenvalue weighted by atomic mass is 16.5. The molecule has 0 spiro atoms. The van der Waals surface area contributed by atoms with E-state index in [1.165, 1.54) is 20.3 Å². The summed E-state index contributed by atoms with van der Waals surface area (Å²) in [5.74, 6) is 0.191. The highest BCUT2D eigenvalue weighted by Crippen LogP contribution is 2.47. The van der Waals surface area contributed by atoms with Gasteiger partial charge in [0.15, 0.2) is 11.5 Å². The molecule has 0 fully saturated rings. The molecule has 0 saturated carbocycles. The predicted molar refractivity (Wildman–Crippen MR) is 57.0 cm³/mol. The fraction of sp³-hybridized carbons (Fsp3) is 0.400. The average molecular weight is 213 g/mol. The molecule has 0 unspecified atom stereocenters. The van der Waals surface area contributed by atoms with Crippen LogP contribution in [-0.2, 0) is 0 Å². The molecule has 15 heavy (non-hydrogen) atoms. The van der Waals surface area contributed by atoms with Crippen molar-refractivity contribution in [1.82, 2.24) is 0 Å². The summed E-state index contributed by atoms with van der Waals surface area (Å²) >= 11 is 0. The van der Waals surface area contributed by atoms with Crippen molar-refractivity contribution >= 4 is 5.69 Å². The second-order valence-electron chi connectivity index (χ2n) is 2.89. The minimum absolute atomic E-state index is 0.0247. The number of aromatic hydroxyl groups is 2. The fourth-order valence-electron chi connectivity index (χ4n) is 1.31. The first-order chi connectivity index (χ1) is 7.15. The summed E-state index contributed by atoms with van der Waals surface area (Å²) in [6, 6.07) is 1.33. The molecule has 0 saturated heterocycles. The molecule has 0 atom stereocenters. The molecule has 1 rings (SSSR count). The van der Waals surface area contributed by atoms with Crippen LogP contribution in [0, 0.1) is 0 Å². The van der Waals surface area contributed by atoms with Crippen molar-refractivity contribution in [3.8, 4) is 23.0 Å². The van der Waals surface area contributed by atoms with Gasteiger partial charge in [0.25, 0.3) is 0 Å². The van der Waals surface area contributed by atoms with E-state index >= 15 is 0 Å². The van der Waals surface area contributed by atoms with Crippen molar-refractivity contribution in [3.63, 3.8) is 0 Å². The summed E-state index contributed by atoms with van der Waals surface area (Å²) in [7, 11) is 2.82. The Morgan fingerprint density at radius 1 is 1.27 bits per heavy atom. The number of benzene rings is 1. The van der Waals surface area contributed by atoms with E-state index < -0.39 is 0 Å². The normalized spacial score (nSPS) is 9.80. The van der Waals surface area contributed by atoms with Crippen LogP contribution in [0.25, 0.3) is 0 Å². The van der Waals surface area contributed by atoms with E-state index in [1.54, 1.807) is 0 Å². The average Bonchev–Trinajstić information content (AvgIpc) is 2.23. The van der Waals surface area contributed by atoms with Crippen molar-refractivity contribution in [2.45, 2.75) is 6.92 Å². The lowest BCUT2D eigenvalue weighted by molar-refractivity contribution is 0.336. The monoisotopic (exact) mass is 213 g/mol. The summed E-state index contributed by atoms with van der Waals surface area (Å²) in [6.07, 6.45) is 0. The zero-order chi connectivity index (χ0) is 11.4. The van der Waals surface area contributed by atoms with Crippen LogP contribution in [0.5, 0.6) is 23.0 Å². The number of phenolic OH excluding ortho intramolecular Hbond substituents is 2. The van der Waals surface area contributed by atoms with Crippen molar-refractivity contribution in [1.29, 1.82) is 0 Å². The Labute approximate surface area is 88.3 Å². The van der Waals surface area contributed by atoms with Gasteiger partial charge in [-0.3, -0.25) is 0 Å². The first-order valence-corrected chi connectivity index (χ1v) is 4.56. The molecule has 0 amide bonds. The zero-order valence-corrected chi connectivity index (χ0v) is 9.00. The van der Waals surface area contributed by atoms with Crippen molar-refractivity contribution < 1.29 is 19.7 Å². The molecule has 3 N–H and O–H groups in total. The van der Waals surface area contributed by atoms with Crippen LogP contribution in [0.2, 0.25) is 0 Å². The van der Waals surface area contributed by atoms with Gasteiger partial charge in [-0.15, -0.1) is 0 Å². The number of phenols is 2. The second kappa shape index (κ2) is 4.63.